The summed E-state index contributed by atoms with van der Waals surface area (Å²) in [6, 6.07) is 4.67. The topological polar surface area (TPSA) is 61.2 Å². The van der Waals surface area contributed by atoms with Gasteiger partial charge in [-0.1, -0.05) is 0 Å². The summed E-state index contributed by atoms with van der Waals surface area (Å²) < 4.78 is 29.8. The Morgan fingerprint density at radius 1 is 1.42 bits per heavy atom. The Labute approximate surface area is 116 Å². The molecule has 0 fully saturated rings. The molecule has 102 valence electrons. The summed E-state index contributed by atoms with van der Waals surface area (Å²) in [5.74, 6) is 0.588. The molecule has 7 heteroatoms. The fraction of sp³-hybridized carbons (Fsp3) is 0.250. The van der Waals surface area contributed by atoms with Crippen molar-refractivity contribution in [1.82, 2.24) is 9.78 Å². The van der Waals surface area contributed by atoms with Crippen LogP contribution in [0.3, 0.4) is 0 Å². The van der Waals surface area contributed by atoms with Crippen molar-refractivity contribution in [3.63, 3.8) is 0 Å². The van der Waals surface area contributed by atoms with Crippen molar-refractivity contribution in [2.45, 2.75) is 18.4 Å². The van der Waals surface area contributed by atoms with Gasteiger partial charge in [0.2, 0.25) is 0 Å². The maximum atomic E-state index is 11.3. The third-order valence-corrected chi connectivity index (χ3v) is 4.06. The SMILES string of the molecule is Cc1cc(OCc2cnn(C)c2)ccc1S(=O)(=O)Cl. The largest absolute Gasteiger partial charge is 0.489 e. The maximum absolute atomic E-state index is 11.3. The second kappa shape index (κ2) is 5.22. The van der Waals surface area contributed by atoms with E-state index in [4.69, 9.17) is 15.4 Å². The third-order valence-electron chi connectivity index (χ3n) is 2.57. The van der Waals surface area contributed by atoms with E-state index in [9.17, 15) is 8.42 Å². The fourth-order valence-electron chi connectivity index (χ4n) is 1.70. The van der Waals surface area contributed by atoms with E-state index in [0.717, 1.165) is 5.56 Å². The number of hydrogen-bond acceptors (Lipinski definition) is 4. The van der Waals surface area contributed by atoms with Gasteiger partial charge in [0.25, 0.3) is 9.05 Å². The molecule has 0 spiro atoms. The molecule has 0 radical (unpaired) electrons. The molecule has 0 aliphatic heterocycles. The van der Waals surface area contributed by atoms with Crippen molar-refractivity contribution in [2.24, 2.45) is 7.05 Å². The molecule has 0 saturated heterocycles. The van der Waals surface area contributed by atoms with Gasteiger partial charge in [-0.2, -0.15) is 5.10 Å². The lowest BCUT2D eigenvalue weighted by molar-refractivity contribution is 0.305. The van der Waals surface area contributed by atoms with Crippen molar-refractivity contribution in [3.8, 4) is 5.75 Å². The monoisotopic (exact) mass is 300 g/mol. The zero-order valence-corrected chi connectivity index (χ0v) is 12.1. The molecule has 1 heterocycles. The first-order valence-corrected chi connectivity index (χ1v) is 7.83. The molecular formula is C12H13ClN2O3S. The van der Waals surface area contributed by atoms with Crippen LogP contribution in [0.2, 0.25) is 0 Å². The van der Waals surface area contributed by atoms with Gasteiger partial charge in [0.15, 0.2) is 0 Å². The lowest BCUT2D eigenvalue weighted by Crippen LogP contribution is -1.98. The molecule has 0 bridgehead atoms. The number of halogens is 1. The van der Waals surface area contributed by atoms with Crippen LogP contribution in [-0.2, 0) is 22.7 Å². The molecule has 2 rings (SSSR count). The molecule has 2 aromatic rings. The van der Waals surface area contributed by atoms with Crippen molar-refractivity contribution in [2.75, 3.05) is 0 Å². The number of aromatic nitrogens is 2. The summed E-state index contributed by atoms with van der Waals surface area (Å²) in [6.07, 6.45) is 3.56. The van der Waals surface area contributed by atoms with Gasteiger partial charge in [-0.25, -0.2) is 8.42 Å². The normalized spacial score (nSPS) is 11.5. The van der Waals surface area contributed by atoms with Gasteiger partial charge in [0.05, 0.1) is 11.1 Å². The quantitative estimate of drug-likeness (QED) is 0.812. The second-order valence-electron chi connectivity index (χ2n) is 4.18. The summed E-state index contributed by atoms with van der Waals surface area (Å²) in [4.78, 5) is 0.0999. The van der Waals surface area contributed by atoms with Crippen molar-refractivity contribution >= 4 is 19.7 Å². The molecule has 1 aromatic heterocycles. The van der Waals surface area contributed by atoms with E-state index in [1.54, 1.807) is 29.9 Å². The Kier molecular flexibility index (Phi) is 3.82. The van der Waals surface area contributed by atoms with E-state index in [1.807, 2.05) is 13.2 Å². The predicted molar refractivity (Wildman–Crippen MR) is 71.8 cm³/mol. The molecule has 0 unspecified atom stereocenters. The predicted octanol–water partition coefficient (Wildman–Crippen LogP) is 2.24. The smallest absolute Gasteiger partial charge is 0.261 e. The van der Waals surface area contributed by atoms with E-state index < -0.39 is 9.05 Å². The van der Waals surface area contributed by atoms with Crippen LogP contribution in [0.5, 0.6) is 5.75 Å². The van der Waals surface area contributed by atoms with Crippen LogP contribution in [-0.4, -0.2) is 18.2 Å². The van der Waals surface area contributed by atoms with Gasteiger partial charge in [0.1, 0.15) is 12.4 Å². The minimum Gasteiger partial charge on any atom is -0.489 e. The van der Waals surface area contributed by atoms with Crippen LogP contribution in [0.1, 0.15) is 11.1 Å². The fourth-order valence-corrected chi connectivity index (χ4v) is 2.89. The Morgan fingerprint density at radius 3 is 2.68 bits per heavy atom. The Hall–Kier alpha value is -1.53. The number of rotatable bonds is 4. The zero-order valence-electron chi connectivity index (χ0n) is 10.5. The highest BCUT2D eigenvalue weighted by atomic mass is 35.7. The Balaban J connectivity index is 2.12. The van der Waals surface area contributed by atoms with Crippen LogP contribution in [0, 0.1) is 6.92 Å². The summed E-state index contributed by atoms with van der Waals surface area (Å²) in [6.45, 7) is 2.05. The summed E-state index contributed by atoms with van der Waals surface area (Å²) >= 11 is 0. The molecule has 0 amide bonds. The summed E-state index contributed by atoms with van der Waals surface area (Å²) in [5.41, 5.74) is 1.49. The van der Waals surface area contributed by atoms with Crippen LogP contribution in [0.15, 0.2) is 35.5 Å². The molecule has 0 saturated carbocycles. The van der Waals surface area contributed by atoms with Crippen LogP contribution in [0.4, 0.5) is 0 Å². The standard InChI is InChI=1S/C12H13ClN2O3S/c1-9-5-11(3-4-12(9)19(13,16)17)18-8-10-6-14-15(2)7-10/h3-7H,8H2,1-2H3. The lowest BCUT2D eigenvalue weighted by atomic mass is 10.2. The number of benzene rings is 1. The molecule has 0 aliphatic rings. The summed E-state index contributed by atoms with van der Waals surface area (Å²) in [5, 5.41) is 4.03. The molecule has 0 aliphatic carbocycles. The Bertz CT molecular complexity index is 695. The zero-order chi connectivity index (χ0) is 14.0. The van der Waals surface area contributed by atoms with Crippen molar-refractivity contribution in [3.05, 3.63) is 41.7 Å². The van der Waals surface area contributed by atoms with Gasteiger partial charge in [0, 0.05) is 29.5 Å². The average molecular weight is 301 g/mol. The van der Waals surface area contributed by atoms with E-state index in [-0.39, 0.29) is 4.90 Å². The maximum Gasteiger partial charge on any atom is 0.261 e. The number of hydrogen-bond donors (Lipinski definition) is 0. The van der Waals surface area contributed by atoms with Gasteiger partial charge < -0.3 is 4.74 Å². The molecule has 19 heavy (non-hydrogen) atoms. The number of ether oxygens (including phenoxy) is 1. The summed E-state index contributed by atoms with van der Waals surface area (Å²) in [7, 11) is 3.43. The van der Waals surface area contributed by atoms with E-state index >= 15 is 0 Å². The highest BCUT2D eigenvalue weighted by molar-refractivity contribution is 8.13. The minimum atomic E-state index is -3.71. The molecule has 0 atom stereocenters. The molecule has 1 aromatic carbocycles. The average Bonchev–Trinajstić information content (AvgIpc) is 2.71. The first-order chi connectivity index (χ1) is 8.86. The Morgan fingerprint density at radius 2 is 2.16 bits per heavy atom. The first-order valence-electron chi connectivity index (χ1n) is 5.52. The lowest BCUT2D eigenvalue weighted by Gasteiger charge is -2.07. The van der Waals surface area contributed by atoms with E-state index in [1.165, 1.54) is 6.07 Å². The third kappa shape index (κ3) is 3.48. The van der Waals surface area contributed by atoms with Crippen molar-refractivity contribution < 1.29 is 13.2 Å². The molecular weight excluding hydrogens is 288 g/mol. The van der Waals surface area contributed by atoms with E-state index in [0.29, 0.717) is 17.9 Å². The number of nitrogens with zero attached hydrogens (tertiary/aromatic N) is 2. The van der Waals surface area contributed by atoms with Gasteiger partial charge in [-0.3, -0.25) is 4.68 Å². The first kappa shape index (κ1) is 13.9. The molecule has 5 nitrogen and oxygen atoms in total. The van der Waals surface area contributed by atoms with Crippen molar-refractivity contribution in [1.29, 1.82) is 0 Å². The minimum absolute atomic E-state index is 0.0999. The van der Waals surface area contributed by atoms with Gasteiger partial charge in [-0.05, 0) is 30.7 Å². The molecule has 0 N–H and O–H groups in total. The second-order valence-corrected chi connectivity index (χ2v) is 6.71. The highest BCUT2D eigenvalue weighted by Crippen LogP contribution is 2.24. The van der Waals surface area contributed by atoms with Crippen LogP contribution >= 0.6 is 10.7 Å². The highest BCUT2D eigenvalue weighted by Gasteiger charge is 2.13. The van der Waals surface area contributed by atoms with Gasteiger partial charge in [-0.15, -0.1) is 0 Å². The van der Waals surface area contributed by atoms with Crippen LogP contribution < -0.4 is 4.74 Å². The number of aryl methyl sites for hydroxylation is 2. The van der Waals surface area contributed by atoms with E-state index in [2.05, 4.69) is 5.10 Å². The van der Waals surface area contributed by atoms with Gasteiger partial charge >= 0.3 is 0 Å². The van der Waals surface area contributed by atoms with Crippen LogP contribution in [0.25, 0.3) is 0 Å².